The number of hydrogen-bond donors (Lipinski definition) is 0. The Balaban J connectivity index is 2.67. The van der Waals surface area contributed by atoms with Gasteiger partial charge in [-0.15, -0.1) is 0 Å². The van der Waals surface area contributed by atoms with Crippen LogP contribution in [-0.4, -0.2) is 39.9 Å². The fraction of sp³-hybridized carbons (Fsp3) is 0.667. The lowest BCUT2D eigenvalue weighted by Crippen LogP contribution is -2.32. The second-order valence-electron chi connectivity index (χ2n) is 4.63. The summed E-state index contributed by atoms with van der Waals surface area (Å²) in [6.45, 7) is 5.50. The minimum Gasteiger partial charge on any atom is -0.466 e. The Morgan fingerprint density at radius 3 is 2.42 bits per heavy atom. The van der Waals surface area contributed by atoms with Gasteiger partial charge in [-0.2, -0.15) is 5.10 Å². The normalized spacial score (nSPS) is 13.9. The Morgan fingerprint density at radius 2 is 1.95 bits per heavy atom. The first-order valence-electron chi connectivity index (χ1n) is 6.08. The van der Waals surface area contributed by atoms with E-state index in [0.29, 0.717) is 6.42 Å². The Bertz CT molecular complexity index is 417. The van der Waals surface area contributed by atoms with Gasteiger partial charge in [-0.3, -0.25) is 0 Å². The van der Waals surface area contributed by atoms with Crippen LogP contribution in [0.4, 0.5) is 0 Å². The van der Waals surface area contributed by atoms with Crippen molar-refractivity contribution in [1.29, 1.82) is 0 Å². The lowest BCUT2D eigenvalue weighted by molar-refractivity contribution is -0.169. The largest absolute Gasteiger partial charge is 0.466 e. The second-order valence-corrected chi connectivity index (χ2v) is 4.63. The Hall–Kier alpha value is -1.92. The topological polar surface area (TPSA) is 83.3 Å². The number of hydrogen-bond acceptors (Lipinski definition) is 6. The van der Waals surface area contributed by atoms with Crippen LogP contribution in [0.1, 0.15) is 33.2 Å². The minimum atomic E-state index is -0.886. The van der Waals surface area contributed by atoms with Crippen LogP contribution >= 0.6 is 0 Å². The zero-order valence-electron chi connectivity index (χ0n) is 11.6. The summed E-state index contributed by atoms with van der Waals surface area (Å²) in [6, 6.07) is -0.637. The summed E-state index contributed by atoms with van der Waals surface area (Å²) in [5.74, 6) is -0.882. The highest BCUT2D eigenvalue weighted by Crippen LogP contribution is 2.14. The molecule has 0 fully saturated rings. The van der Waals surface area contributed by atoms with Crippen LogP contribution in [0.15, 0.2) is 12.7 Å². The van der Waals surface area contributed by atoms with Crippen molar-refractivity contribution in [2.75, 3.05) is 7.11 Å². The number of carbonyl (C=O) groups excluding carboxylic acids is 2. The first-order chi connectivity index (χ1) is 8.95. The molecule has 19 heavy (non-hydrogen) atoms. The van der Waals surface area contributed by atoms with Crippen molar-refractivity contribution in [3.05, 3.63) is 12.7 Å². The van der Waals surface area contributed by atoms with Crippen LogP contribution in [0.25, 0.3) is 0 Å². The molecule has 1 aromatic rings. The molecular weight excluding hydrogens is 250 g/mol. The Kier molecular flexibility index (Phi) is 5.47. The molecule has 7 heteroatoms. The molecule has 0 aromatic carbocycles. The molecule has 0 aliphatic heterocycles. The van der Waals surface area contributed by atoms with Gasteiger partial charge in [0.05, 0.1) is 7.11 Å². The molecule has 7 nitrogen and oxygen atoms in total. The summed E-state index contributed by atoms with van der Waals surface area (Å²) in [5.41, 5.74) is 0. The van der Waals surface area contributed by atoms with E-state index in [4.69, 9.17) is 4.74 Å². The van der Waals surface area contributed by atoms with Crippen LogP contribution in [-0.2, 0) is 19.1 Å². The number of carbonyl (C=O) groups is 2. The van der Waals surface area contributed by atoms with Gasteiger partial charge >= 0.3 is 11.9 Å². The molecule has 2 unspecified atom stereocenters. The average Bonchev–Trinajstić information content (AvgIpc) is 2.89. The molecular formula is C12H19N3O4. The summed E-state index contributed by atoms with van der Waals surface area (Å²) in [7, 11) is 1.27. The molecule has 2 atom stereocenters. The fourth-order valence-corrected chi connectivity index (χ4v) is 1.52. The van der Waals surface area contributed by atoms with E-state index >= 15 is 0 Å². The van der Waals surface area contributed by atoms with Crippen LogP contribution in [0.5, 0.6) is 0 Å². The average molecular weight is 269 g/mol. The number of methoxy groups -OCH3 is 1. The summed E-state index contributed by atoms with van der Waals surface area (Å²) in [6.07, 6.45) is 2.28. The van der Waals surface area contributed by atoms with E-state index in [0.717, 1.165) is 0 Å². The van der Waals surface area contributed by atoms with Gasteiger partial charge in [-0.1, -0.05) is 13.8 Å². The number of ether oxygens (including phenoxy) is 2. The molecule has 0 radical (unpaired) electrons. The van der Waals surface area contributed by atoms with Crippen molar-refractivity contribution in [2.24, 2.45) is 5.92 Å². The van der Waals surface area contributed by atoms with Crippen LogP contribution in [0.2, 0.25) is 0 Å². The third-order valence-electron chi connectivity index (χ3n) is 2.58. The van der Waals surface area contributed by atoms with E-state index < -0.39 is 24.1 Å². The van der Waals surface area contributed by atoms with E-state index in [9.17, 15) is 9.59 Å². The molecule has 0 saturated heterocycles. The molecule has 1 aromatic heterocycles. The van der Waals surface area contributed by atoms with Crippen molar-refractivity contribution >= 4 is 11.9 Å². The molecule has 0 spiro atoms. The van der Waals surface area contributed by atoms with E-state index in [1.165, 1.54) is 24.4 Å². The zero-order chi connectivity index (χ0) is 14.4. The molecule has 106 valence electrons. The SMILES string of the molecule is COC(=O)C(CC(C)C)OC(=O)C(C)n1cncn1. The zero-order valence-corrected chi connectivity index (χ0v) is 11.6. The molecule has 1 rings (SSSR count). The lowest BCUT2D eigenvalue weighted by atomic mass is 10.1. The maximum absolute atomic E-state index is 11.9. The van der Waals surface area contributed by atoms with Crippen LogP contribution < -0.4 is 0 Å². The predicted molar refractivity (Wildman–Crippen MR) is 66.1 cm³/mol. The summed E-state index contributed by atoms with van der Waals surface area (Å²) >= 11 is 0. The third kappa shape index (κ3) is 4.35. The van der Waals surface area contributed by atoms with E-state index in [1.54, 1.807) is 6.92 Å². The van der Waals surface area contributed by atoms with Gasteiger partial charge in [0.15, 0.2) is 6.10 Å². The van der Waals surface area contributed by atoms with E-state index in [-0.39, 0.29) is 5.92 Å². The third-order valence-corrected chi connectivity index (χ3v) is 2.58. The van der Waals surface area contributed by atoms with Crippen molar-refractivity contribution in [3.63, 3.8) is 0 Å². The molecule has 0 aliphatic carbocycles. The van der Waals surface area contributed by atoms with Crippen molar-refractivity contribution in [3.8, 4) is 0 Å². The highest BCUT2D eigenvalue weighted by molar-refractivity contribution is 5.80. The van der Waals surface area contributed by atoms with Gasteiger partial charge in [0, 0.05) is 0 Å². The summed E-state index contributed by atoms with van der Waals surface area (Å²) < 4.78 is 11.2. The molecule has 0 aliphatic rings. The fourth-order valence-electron chi connectivity index (χ4n) is 1.52. The van der Waals surface area contributed by atoms with Crippen molar-refractivity contribution in [1.82, 2.24) is 14.8 Å². The smallest absolute Gasteiger partial charge is 0.347 e. The van der Waals surface area contributed by atoms with Gasteiger partial charge < -0.3 is 9.47 Å². The molecule has 0 saturated carbocycles. The maximum atomic E-state index is 11.9. The predicted octanol–water partition coefficient (Wildman–Crippen LogP) is 0.970. The highest BCUT2D eigenvalue weighted by Gasteiger charge is 2.28. The van der Waals surface area contributed by atoms with Gasteiger partial charge in [0.1, 0.15) is 18.7 Å². The number of nitrogens with zero attached hydrogens (tertiary/aromatic N) is 3. The molecule has 0 N–H and O–H groups in total. The first kappa shape index (κ1) is 15.1. The monoisotopic (exact) mass is 269 g/mol. The molecule has 0 amide bonds. The lowest BCUT2D eigenvalue weighted by Gasteiger charge is -2.19. The standard InChI is InChI=1S/C12H19N3O4/c1-8(2)5-10(12(17)18-4)19-11(16)9(3)15-7-13-6-14-15/h6-10H,5H2,1-4H3. The molecule has 1 heterocycles. The minimum absolute atomic E-state index is 0.207. The van der Waals surface area contributed by atoms with Crippen LogP contribution in [0, 0.1) is 5.92 Å². The number of aromatic nitrogens is 3. The van der Waals surface area contributed by atoms with Crippen LogP contribution in [0.3, 0.4) is 0 Å². The summed E-state index contributed by atoms with van der Waals surface area (Å²) in [5, 5.41) is 3.86. The van der Waals surface area contributed by atoms with Gasteiger partial charge in [-0.05, 0) is 19.3 Å². The highest BCUT2D eigenvalue weighted by atomic mass is 16.6. The van der Waals surface area contributed by atoms with E-state index in [2.05, 4.69) is 14.8 Å². The Labute approximate surface area is 111 Å². The first-order valence-corrected chi connectivity index (χ1v) is 6.08. The van der Waals surface area contributed by atoms with Crippen molar-refractivity contribution in [2.45, 2.75) is 39.3 Å². The summed E-state index contributed by atoms with van der Waals surface area (Å²) in [4.78, 5) is 27.2. The van der Waals surface area contributed by atoms with Gasteiger partial charge in [0.2, 0.25) is 0 Å². The van der Waals surface area contributed by atoms with Gasteiger partial charge in [0.25, 0.3) is 0 Å². The van der Waals surface area contributed by atoms with E-state index in [1.807, 2.05) is 13.8 Å². The second kappa shape index (κ2) is 6.86. The van der Waals surface area contributed by atoms with Crippen molar-refractivity contribution < 1.29 is 19.1 Å². The number of esters is 2. The quantitative estimate of drug-likeness (QED) is 0.715. The number of rotatable bonds is 6. The Morgan fingerprint density at radius 1 is 1.26 bits per heavy atom. The molecule has 0 bridgehead atoms. The maximum Gasteiger partial charge on any atom is 0.347 e. The van der Waals surface area contributed by atoms with Gasteiger partial charge in [-0.25, -0.2) is 19.3 Å².